The Balaban J connectivity index is 1.86. The van der Waals surface area contributed by atoms with Gasteiger partial charge in [-0.05, 0) is 26.3 Å². The highest BCUT2D eigenvalue weighted by Crippen LogP contribution is 2.27. The van der Waals surface area contributed by atoms with E-state index in [2.05, 4.69) is 21.8 Å². The maximum Gasteiger partial charge on any atom is 0.259 e. The van der Waals surface area contributed by atoms with Crippen LogP contribution in [0.1, 0.15) is 36.2 Å². The summed E-state index contributed by atoms with van der Waals surface area (Å²) >= 11 is 1.57. The number of aromatic amines is 1. The fourth-order valence-electron chi connectivity index (χ4n) is 3.07. The Morgan fingerprint density at radius 1 is 1.26 bits per heavy atom. The van der Waals surface area contributed by atoms with Gasteiger partial charge in [-0.25, -0.2) is 4.98 Å². The molecule has 1 amide bonds. The molecular weight excluding hydrogens is 312 g/mol. The van der Waals surface area contributed by atoms with E-state index in [9.17, 15) is 9.59 Å². The number of rotatable bonds is 2. The number of nitrogens with zero attached hydrogens (tertiary/aromatic N) is 3. The molecule has 1 atom stereocenters. The van der Waals surface area contributed by atoms with Crippen molar-refractivity contribution in [2.45, 2.75) is 33.7 Å². The summed E-state index contributed by atoms with van der Waals surface area (Å²) in [6, 6.07) is 0.0314. The number of piperazine rings is 1. The second-order valence-corrected chi connectivity index (χ2v) is 7.34. The third-order valence-corrected chi connectivity index (χ3v) is 5.86. The Morgan fingerprint density at radius 3 is 2.52 bits per heavy atom. The number of H-pyrrole nitrogens is 1. The van der Waals surface area contributed by atoms with Crippen LogP contribution < -0.4 is 5.56 Å². The molecule has 0 saturated carbocycles. The third-order valence-electron chi connectivity index (χ3n) is 4.76. The average molecular weight is 334 g/mol. The molecule has 1 aliphatic heterocycles. The average Bonchev–Trinajstić information content (AvgIpc) is 2.81. The normalized spacial score (nSPS) is 17.7. The molecule has 0 bridgehead atoms. The molecule has 1 fully saturated rings. The van der Waals surface area contributed by atoms with Gasteiger partial charge >= 0.3 is 0 Å². The fourth-order valence-corrected chi connectivity index (χ4v) is 4.10. The second-order valence-electron chi connectivity index (χ2n) is 6.13. The number of amides is 1. The van der Waals surface area contributed by atoms with E-state index in [-0.39, 0.29) is 17.5 Å². The standard InChI is InChI=1S/C16H22N4O2S/c1-9-11(3)23-16-13(9)15(22)17-14(18-16)10(2)19-5-7-20(8-6-19)12(4)21/h10H,5-8H2,1-4H3,(H,17,18,22)/t10-/m0/s1. The molecule has 3 rings (SSSR count). The van der Waals surface area contributed by atoms with Gasteiger partial charge in [0.25, 0.3) is 5.56 Å². The minimum absolute atomic E-state index is 0.0314. The smallest absolute Gasteiger partial charge is 0.259 e. The predicted octanol–water partition coefficient (Wildman–Crippen LogP) is 1.83. The van der Waals surface area contributed by atoms with Gasteiger partial charge in [0.1, 0.15) is 10.7 Å². The molecule has 0 radical (unpaired) electrons. The summed E-state index contributed by atoms with van der Waals surface area (Å²) in [5, 5.41) is 0.713. The molecule has 3 heterocycles. The predicted molar refractivity (Wildman–Crippen MR) is 92.0 cm³/mol. The molecule has 0 spiro atoms. The van der Waals surface area contributed by atoms with E-state index in [1.807, 2.05) is 18.7 Å². The lowest BCUT2D eigenvalue weighted by Crippen LogP contribution is -2.49. The lowest BCUT2D eigenvalue weighted by molar-refractivity contribution is -0.130. The first kappa shape index (κ1) is 16.1. The van der Waals surface area contributed by atoms with Crippen LogP contribution in [0.4, 0.5) is 0 Å². The van der Waals surface area contributed by atoms with E-state index >= 15 is 0 Å². The Bertz CT molecular complexity index is 802. The quantitative estimate of drug-likeness (QED) is 0.910. The number of thiophene rings is 1. The number of aromatic nitrogens is 2. The van der Waals surface area contributed by atoms with Gasteiger partial charge in [0.15, 0.2) is 0 Å². The van der Waals surface area contributed by atoms with Crippen molar-refractivity contribution in [3.05, 3.63) is 26.6 Å². The summed E-state index contributed by atoms with van der Waals surface area (Å²) in [4.78, 5) is 37.5. The Kier molecular flexibility index (Phi) is 4.25. The zero-order valence-electron chi connectivity index (χ0n) is 14.0. The van der Waals surface area contributed by atoms with Crippen LogP contribution >= 0.6 is 11.3 Å². The molecule has 124 valence electrons. The van der Waals surface area contributed by atoms with Gasteiger partial charge in [0.2, 0.25) is 5.91 Å². The first-order valence-electron chi connectivity index (χ1n) is 7.88. The zero-order valence-corrected chi connectivity index (χ0v) is 14.8. The summed E-state index contributed by atoms with van der Waals surface area (Å²) in [5.41, 5.74) is 0.967. The minimum atomic E-state index is -0.0546. The van der Waals surface area contributed by atoms with Crippen molar-refractivity contribution in [1.82, 2.24) is 19.8 Å². The van der Waals surface area contributed by atoms with Crippen LogP contribution in [-0.4, -0.2) is 51.9 Å². The van der Waals surface area contributed by atoms with Crippen LogP contribution in [0.25, 0.3) is 10.2 Å². The molecule has 1 saturated heterocycles. The lowest BCUT2D eigenvalue weighted by atomic mass is 10.2. The summed E-state index contributed by atoms with van der Waals surface area (Å²) in [5.74, 6) is 0.829. The number of hydrogen-bond donors (Lipinski definition) is 1. The largest absolute Gasteiger partial charge is 0.340 e. The van der Waals surface area contributed by atoms with Gasteiger partial charge in [0, 0.05) is 38.0 Å². The van der Waals surface area contributed by atoms with E-state index in [4.69, 9.17) is 0 Å². The van der Waals surface area contributed by atoms with E-state index in [0.717, 1.165) is 41.5 Å². The summed E-state index contributed by atoms with van der Waals surface area (Å²) in [6.45, 7) is 10.7. The molecule has 7 heteroatoms. The first-order chi connectivity index (χ1) is 10.9. The third kappa shape index (κ3) is 2.90. The highest BCUT2D eigenvalue weighted by Gasteiger charge is 2.25. The zero-order chi connectivity index (χ0) is 16.7. The Labute approximate surface area is 139 Å². The molecule has 23 heavy (non-hydrogen) atoms. The Hall–Kier alpha value is -1.73. The van der Waals surface area contributed by atoms with Crippen LogP contribution in [0, 0.1) is 13.8 Å². The van der Waals surface area contributed by atoms with Gasteiger partial charge in [-0.3, -0.25) is 14.5 Å². The summed E-state index contributed by atoms with van der Waals surface area (Å²) in [6.07, 6.45) is 0. The number of nitrogens with one attached hydrogen (secondary N) is 1. The summed E-state index contributed by atoms with van der Waals surface area (Å²) < 4.78 is 0. The van der Waals surface area contributed by atoms with Gasteiger partial charge in [0.05, 0.1) is 11.4 Å². The number of carbonyl (C=O) groups excluding carboxylic acids is 1. The van der Waals surface area contributed by atoms with Crippen molar-refractivity contribution >= 4 is 27.5 Å². The molecule has 0 aromatic carbocycles. The molecule has 6 nitrogen and oxygen atoms in total. The topological polar surface area (TPSA) is 69.3 Å². The first-order valence-corrected chi connectivity index (χ1v) is 8.69. The second kappa shape index (κ2) is 6.05. The highest BCUT2D eigenvalue weighted by atomic mass is 32.1. The number of carbonyl (C=O) groups is 1. The van der Waals surface area contributed by atoms with E-state index in [1.165, 1.54) is 0 Å². The molecule has 1 N–H and O–H groups in total. The molecule has 2 aromatic heterocycles. The fraction of sp³-hybridized carbons (Fsp3) is 0.562. The van der Waals surface area contributed by atoms with E-state index < -0.39 is 0 Å². The van der Waals surface area contributed by atoms with Crippen LogP contribution in [0.2, 0.25) is 0 Å². The molecule has 0 aliphatic carbocycles. The van der Waals surface area contributed by atoms with Gasteiger partial charge in [-0.15, -0.1) is 11.3 Å². The maximum absolute atomic E-state index is 12.4. The van der Waals surface area contributed by atoms with Crippen molar-refractivity contribution in [1.29, 1.82) is 0 Å². The van der Waals surface area contributed by atoms with Crippen molar-refractivity contribution in [2.75, 3.05) is 26.2 Å². The van der Waals surface area contributed by atoms with E-state index in [0.29, 0.717) is 11.2 Å². The van der Waals surface area contributed by atoms with Crippen molar-refractivity contribution in [3.63, 3.8) is 0 Å². The van der Waals surface area contributed by atoms with Crippen LogP contribution in [-0.2, 0) is 4.79 Å². The molecule has 1 aliphatic rings. The highest BCUT2D eigenvalue weighted by molar-refractivity contribution is 7.18. The maximum atomic E-state index is 12.4. The molecule has 2 aromatic rings. The van der Waals surface area contributed by atoms with Crippen molar-refractivity contribution in [2.24, 2.45) is 0 Å². The molecular formula is C16H22N4O2S. The Morgan fingerprint density at radius 2 is 1.91 bits per heavy atom. The summed E-state index contributed by atoms with van der Waals surface area (Å²) in [7, 11) is 0. The number of fused-ring (bicyclic) bond motifs is 1. The van der Waals surface area contributed by atoms with E-state index in [1.54, 1.807) is 18.3 Å². The van der Waals surface area contributed by atoms with Gasteiger partial charge < -0.3 is 9.88 Å². The van der Waals surface area contributed by atoms with Crippen LogP contribution in [0.15, 0.2) is 4.79 Å². The van der Waals surface area contributed by atoms with Crippen molar-refractivity contribution in [3.8, 4) is 0 Å². The number of hydrogen-bond acceptors (Lipinski definition) is 5. The van der Waals surface area contributed by atoms with Gasteiger partial charge in [-0.2, -0.15) is 0 Å². The SMILES string of the molecule is CC(=O)N1CCN([C@@H](C)c2nc3sc(C)c(C)c3c(=O)[nH]2)CC1. The van der Waals surface area contributed by atoms with Crippen LogP contribution in [0.3, 0.4) is 0 Å². The monoisotopic (exact) mass is 334 g/mol. The van der Waals surface area contributed by atoms with Gasteiger partial charge in [-0.1, -0.05) is 0 Å². The number of aryl methyl sites for hydroxylation is 2. The van der Waals surface area contributed by atoms with Crippen molar-refractivity contribution < 1.29 is 4.79 Å². The minimum Gasteiger partial charge on any atom is -0.340 e. The van der Waals surface area contributed by atoms with Crippen LogP contribution in [0.5, 0.6) is 0 Å². The lowest BCUT2D eigenvalue weighted by Gasteiger charge is -2.37. The molecule has 0 unspecified atom stereocenters.